The average molecular weight is 391 g/mol. The third kappa shape index (κ3) is 3.51. The van der Waals surface area contributed by atoms with Gasteiger partial charge in [0.25, 0.3) is 17.7 Å². The molecule has 7 heteroatoms. The van der Waals surface area contributed by atoms with E-state index in [1.807, 2.05) is 0 Å². The lowest BCUT2D eigenvalue weighted by molar-refractivity contribution is 0.0548. The van der Waals surface area contributed by atoms with Crippen molar-refractivity contribution in [2.45, 2.75) is 38.1 Å². The molecule has 4 amide bonds. The summed E-state index contributed by atoms with van der Waals surface area (Å²) in [7, 11) is 0. The van der Waals surface area contributed by atoms with E-state index in [1.54, 1.807) is 24.3 Å². The number of nitrogens with zero attached hydrogens (tertiary/aromatic N) is 1. The summed E-state index contributed by atoms with van der Waals surface area (Å²) in [5, 5.41) is 2.72. The number of anilines is 1. The summed E-state index contributed by atoms with van der Waals surface area (Å²) in [5.74, 6) is -1.55. The van der Waals surface area contributed by atoms with Crippen molar-refractivity contribution in [2.24, 2.45) is 5.73 Å². The minimum absolute atomic E-state index is 0.0582. The van der Waals surface area contributed by atoms with Crippen LogP contribution in [0.25, 0.3) is 0 Å². The van der Waals surface area contributed by atoms with Crippen molar-refractivity contribution >= 4 is 29.3 Å². The minimum Gasteiger partial charge on any atom is -0.366 e. The molecule has 2 aliphatic rings. The van der Waals surface area contributed by atoms with Gasteiger partial charge in [-0.25, -0.2) is 0 Å². The highest BCUT2D eigenvalue weighted by Gasteiger charge is 2.40. The molecule has 2 aromatic carbocycles. The van der Waals surface area contributed by atoms with Gasteiger partial charge in [-0.1, -0.05) is 19.3 Å². The van der Waals surface area contributed by atoms with Gasteiger partial charge >= 0.3 is 0 Å². The zero-order valence-corrected chi connectivity index (χ0v) is 15.8. The largest absolute Gasteiger partial charge is 0.366 e. The van der Waals surface area contributed by atoms with Crippen LogP contribution in [0, 0.1) is 0 Å². The fraction of sp³-hybridized carbons (Fsp3) is 0.273. The average Bonchev–Trinajstić information content (AvgIpc) is 2.99. The molecule has 0 aromatic heterocycles. The molecule has 1 heterocycles. The molecule has 7 nitrogen and oxygen atoms in total. The third-order valence-corrected chi connectivity index (χ3v) is 5.55. The fourth-order valence-corrected chi connectivity index (χ4v) is 3.99. The van der Waals surface area contributed by atoms with Gasteiger partial charge < -0.3 is 11.1 Å². The Morgan fingerprint density at radius 2 is 1.48 bits per heavy atom. The molecular formula is C22H21N3O4. The van der Waals surface area contributed by atoms with Crippen molar-refractivity contribution in [1.29, 1.82) is 0 Å². The number of rotatable bonds is 4. The van der Waals surface area contributed by atoms with Gasteiger partial charge in [0.2, 0.25) is 5.91 Å². The number of nitrogens with one attached hydrogen (secondary N) is 1. The monoisotopic (exact) mass is 391 g/mol. The first kappa shape index (κ1) is 18.9. The van der Waals surface area contributed by atoms with Crippen LogP contribution in [0.2, 0.25) is 0 Å². The number of hydrogen-bond acceptors (Lipinski definition) is 4. The second-order valence-electron chi connectivity index (χ2n) is 7.43. The number of hydrogen-bond donors (Lipinski definition) is 2. The Morgan fingerprint density at radius 3 is 2.14 bits per heavy atom. The van der Waals surface area contributed by atoms with Crippen molar-refractivity contribution in [1.82, 2.24) is 4.90 Å². The number of benzene rings is 2. The van der Waals surface area contributed by atoms with E-state index in [2.05, 4.69) is 5.32 Å². The number of nitrogens with two attached hydrogens (primary N) is 1. The summed E-state index contributed by atoms with van der Waals surface area (Å²) >= 11 is 0. The highest BCUT2D eigenvalue weighted by Crippen LogP contribution is 2.31. The number of fused-ring (bicyclic) bond motifs is 1. The van der Waals surface area contributed by atoms with Crippen molar-refractivity contribution in [3.8, 4) is 0 Å². The lowest BCUT2D eigenvalue weighted by atomic mass is 9.94. The summed E-state index contributed by atoms with van der Waals surface area (Å²) in [6.07, 6.45) is 4.82. The van der Waals surface area contributed by atoms with Gasteiger partial charge in [-0.05, 0) is 55.3 Å². The Kier molecular flexibility index (Phi) is 4.88. The Balaban J connectivity index is 1.53. The molecule has 0 bridgehead atoms. The van der Waals surface area contributed by atoms with Crippen LogP contribution in [0.5, 0.6) is 0 Å². The highest BCUT2D eigenvalue weighted by atomic mass is 16.2. The highest BCUT2D eigenvalue weighted by molar-refractivity contribution is 6.22. The van der Waals surface area contributed by atoms with E-state index < -0.39 is 11.8 Å². The SMILES string of the molecule is NC(=O)c1ccc(NC(=O)c2ccc3c(c2)C(=O)N(C2CCCCC2)C3=O)cc1. The maximum absolute atomic E-state index is 12.9. The van der Waals surface area contributed by atoms with E-state index in [0.29, 0.717) is 16.8 Å². The molecule has 3 N–H and O–H groups in total. The minimum atomic E-state index is -0.549. The van der Waals surface area contributed by atoms with Gasteiger partial charge in [-0.15, -0.1) is 0 Å². The van der Waals surface area contributed by atoms with E-state index in [1.165, 1.54) is 23.1 Å². The van der Waals surface area contributed by atoms with E-state index in [4.69, 9.17) is 5.73 Å². The van der Waals surface area contributed by atoms with Crippen LogP contribution in [-0.4, -0.2) is 34.6 Å². The second kappa shape index (κ2) is 7.50. The first-order chi connectivity index (χ1) is 14.0. The Morgan fingerprint density at radius 1 is 0.862 bits per heavy atom. The molecule has 148 valence electrons. The van der Waals surface area contributed by atoms with Gasteiger partial charge in [0, 0.05) is 22.9 Å². The lowest BCUT2D eigenvalue weighted by Gasteiger charge is -2.29. The Bertz CT molecular complexity index is 1010. The molecule has 4 rings (SSSR count). The van der Waals surface area contributed by atoms with Gasteiger partial charge in [-0.3, -0.25) is 24.1 Å². The number of carbonyl (C=O) groups excluding carboxylic acids is 4. The molecule has 1 aliphatic carbocycles. The van der Waals surface area contributed by atoms with E-state index in [0.717, 1.165) is 32.1 Å². The van der Waals surface area contributed by atoms with Crippen LogP contribution in [0.15, 0.2) is 42.5 Å². The van der Waals surface area contributed by atoms with E-state index >= 15 is 0 Å². The summed E-state index contributed by atoms with van der Waals surface area (Å²) in [4.78, 5) is 50.7. The molecule has 0 atom stereocenters. The molecule has 0 saturated heterocycles. The topological polar surface area (TPSA) is 110 Å². The quantitative estimate of drug-likeness (QED) is 0.781. The number of primary amides is 1. The molecule has 1 saturated carbocycles. The normalized spacial score (nSPS) is 16.6. The summed E-state index contributed by atoms with van der Waals surface area (Å²) in [6.45, 7) is 0. The predicted molar refractivity (Wildman–Crippen MR) is 107 cm³/mol. The maximum Gasteiger partial charge on any atom is 0.261 e. The van der Waals surface area contributed by atoms with Crippen LogP contribution >= 0.6 is 0 Å². The van der Waals surface area contributed by atoms with Crippen LogP contribution < -0.4 is 11.1 Å². The molecule has 0 radical (unpaired) electrons. The molecule has 29 heavy (non-hydrogen) atoms. The standard InChI is InChI=1S/C22H21N3O4/c23-19(26)13-6-9-15(10-7-13)24-20(27)14-8-11-17-18(12-14)22(29)25(21(17)28)16-4-2-1-3-5-16/h6-12,16H,1-5H2,(H2,23,26)(H,24,27). The van der Waals surface area contributed by atoms with Gasteiger partial charge in [0.1, 0.15) is 0 Å². The predicted octanol–water partition coefficient (Wildman–Crippen LogP) is 2.97. The van der Waals surface area contributed by atoms with Crippen molar-refractivity contribution in [2.75, 3.05) is 5.32 Å². The van der Waals surface area contributed by atoms with Crippen LogP contribution in [0.4, 0.5) is 5.69 Å². The number of imide groups is 1. The lowest BCUT2D eigenvalue weighted by Crippen LogP contribution is -2.40. The Labute approximate surface area is 167 Å². The molecule has 1 aliphatic heterocycles. The summed E-state index contributed by atoms with van der Waals surface area (Å²) in [6, 6.07) is 10.7. The van der Waals surface area contributed by atoms with Crippen LogP contribution in [0.1, 0.15) is 73.5 Å². The summed E-state index contributed by atoms with van der Waals surface area (Å²) in [5.41, 5.74) is 6.95. The van der Waals surface area contributed by atoms with Gasteiger partial charge in [0.05, 0.1) is 11.1 Å². The van der Waals surface area contributed by atoms with Gasteiger partial charge in [0.15, 0.2) is 0 Å². The zero-order chi connectivity index (χ0) is 20.5. The zero-order valence-electron chi connectivity index (χ0n) is 15.8. The first-order valence-electron chi connectivity index (χ1n) is 9.69. The van der Waals surface area contributed by atoms with Crippen molar-refractivity contribution < 1.29 is 19.2 Å². The molecule has 1 fully saturated rings. The molecule has 0 unspecified atom stereocenters. The summed E-state index contributed by atoms with van der Waals surface area (Å²) < 4.78 is 0. The van der Waals surface area contributed by atoms with E-state index in [9.17, 15) is 19.2 Å². The third-order valence-electron chi connectivity index (χ3n) is 5.55. The van der Waals surface area contributed by atoms with Crippen LogP contribution in [0.3, 0.4) is 0 Å². The number of amides is 4. The van der Waals surface area contributed by atoms with E-state index in [-0.39, 0.29) is 29.0 Å². The fourth-order valence-electron chi connectivity index (χ4n) is 3.99. The molecular weight excluding hydrogens is 370 g/mol. The first-order valence-corrected chi connectivity index (χ1v) is 9.69. The second-order valence-corrected chi connectivity index (χ2v) is 7.43. The number of carbonyl (C=O) groups is 4. The maximum atomic E-state index is 12.9. The molecule has 0 spiro atoms. The smallest absolute Gasteiger partial charge is 0.261 e. The molecule has 2 aromatic rings. The van der Waals surface area contributed by atoms with Crippen molar-refractivity contribution in [3.63, 3.8) is 0 Å². The Hall–Kier alpha value is -3.48. The van der Waals surface area contributed by atoms with Crippen molar-refractivity contribution in [3.05, 3.63) is 64.7 Å². The van der Waals surface area contributed by atoms with Crippen LogP contribution in [-0.2, 0) is 0 Å². The van der Waals surface area contributed by atoms with Gasteiger partial charge in [-0.2, -0.15) is 0 Å².